The molecule has 0 radical (unpaired) electrons. The van der Waals surface area contributed by atoms with E-state index in [4.69, 9.17) is 0 Å². The van der Waals surface area contributed by atoms with Crippen LogP contribution >= 0.6 is 0 Å². The third-order valence-electron chi connectivity index (χ3n) is 12.2. The van der Waals surface area contributed by atoms with Gasteiger partial charge in [-0.3, -0.25) is 0 Å². The number of hydrogen-bond donors (Lipinski definition) is 0. The minimum absolute atomic E-state index is 0.391. The van der Waals surface area contributed by atoms with E-state index in [1.807, 2.05) is 26.8 Å². The molecule has 3 rings (SSSR count). The van der Waals surface area contributed by atoms with Crippen molar-refractivity contribution in [2.24, 2.45) is 70.0 Å². The number of allylic oxidation sites excluding steroid dienone is 5. The molecule has 0 spiro atoms. The van der Waals surface area contributed by atoms with E-state index in [0.29, 0.717) is 28.6 Å². The van der Waals surface area contributed by atoms with Crippen LogP contribution in [-0.2, 0) is 0 Å². The van der Waals surface area contributed by atoms with Gasteiger partial charge in [0.2, 0.25) is 0 Å². The Morgan fingerprint density at radius 2 is 1.38 bits per heavy atom. The lowest BCUT2D eigenvalue weighted by Crippen LogP contribution is -2.29. The number of rotatable bonds is 12. The predicted molar refractivity (Wildman–Crippen MR) is 246 cm³/mol. The number of fused-ring (bicyclic) bond motifs is 1. The van der Waals surface area contributed by atoms with Crippen molar-refractivity contribution in [1.29, 1.82) is 0 Å². The van der Waals surface area contributed by atoms with E-state index >= 15 is 0 Å². The molecule has 0 nitrogen and oxygen atoms in total. The van der Waals surface area contributed by atoms with E-state index in [2.05, 4.69) is 149 Å². The Morgan fingerprint density at radius 1 is 0.942 bits per heavy atom. The molecule has 0 aliphatic heterocycles. The van der Waals surface area contributed by atoms with Gasteiger partial charge < -0.3 is 0 Å². The quantitative estimate of drug-likeness (QED) is 0.107. The summed E-state index contributed by atoms with van der Waals surface area (Å²) in [6, 6.07) is 0. The van der Waals surface area contributed by atoms with Gasteiger partial charge in [-0.2, -0.15) is 0 Å². The van der Waals surface area contributed by atoms with Crippen LogP contribution < -0.4 is 0 Å². The van der Waals surface area contributed by atoms with Crippen LogP contribution in [0.2, 0.25) is 0 Å². The molecule has 3 aliphatic carbocycles. The number of unbranched alkanes of at least 4 members (excludes halogenated alkanes) is 2. The molecule has 8 unspecified atom stereocenters. The standard InChI is InChI=1S/C20H32.C11H22.C8H16.C5H12.C3H6.C3H4.C2H6/c1-12(2)14(4)16(11-15-8-7-9-15)18-13(3)10-17-19(18)20(17,5)6;1-8(2)10(5)7-11(6)9(3)4;1-6-7(2)8(3,4)5;1-3-5-4-2;2*1-3-2;1-2/h13,15-19H,1,4,7-11H2,2-3,5-6H3;9-11H,1,7H2,2-6H3;6-7H,1H2,2-5H3;3-5H2,1-2H3;3H,1H2,2H3;1H,2H3;1-2H3. The van der Waals surface area contributed by atoms with E-state index < -0.39 is 0 Å². The van der Waals surface area contributed by atoms with Gasteiger partial charge in [0.15, 0.2) is 0 Å². The summed E-state index contributed by atoms with van der Waals surface area (Å²) in [5, 5.41) is 0. The van der Waals surface area contributed by atoms with Crippen LogP contribution in [0.1, 0.15) is 189 Å². The minimum atomic E-state index is 0.391. The Labute approximate surface area is 332 Å². The molecule has 306 valence electrons. The lowest BCUT2D eigenvalue weighted by molar-refractivity contribution is 0.168. The fourth-order valence-electron chi connectivity index (χ4n) is 7.23. The van der Waals surface area contributed by atoms with Gasteiger partial charge in [-0.05, 0) is 123 Å². The van der Waals surface area contributed by atoms with Crippen molar-refractivity contribution in [2.45, 2.75) is 189 Å². The van der Waals surface area contributed by atoms with Crippen molar-refractivity contribution < 1.29 is 0 Å². The summed E-state index contributed by atoms with van der Waals surface area (Å²) in [5.41, 5.74) is 4.91. The van der Waals surface area contributed by atoms with E-state index in [9.17, 15) is 0 Å². The molecule has 3 aliphatic rings. The Balaban J connectivity index is -0.000000307. The first kappa shape index (κ1) is 57.0. The van der Waals surface area contributed by atoms with Crippen LogP contribution in [0.15, 0.2) is 61.8 Å². The van der Waals surface area contributed by atoms with Crippen LogP contribution in [0.3, 0.4) is 0 Å². The Bertz CT molecular complexity index is 980. The average molecular weight is 723 g/mol. The largest absolute Gasteiger partial charge is 0.120 e. The third kappa shape index (κ3) is 23.1. The molecule has 3 saturated carbocycles. The SMILES string of the molecule is C#CC.C=C(C)C(=C)C(CC1CCC1)C1C(C)CC2C1C2(C)C.C=C(C)C(C)CC(C)C(C)C.C=CC.C=CC(C)C(C)(C)C.CC.CCCCC. The number of hydrogen-bond acceptors (Lipinski definition) is 0. The summed E-state index contributed by atoms with van der Waals surface area (Å²) in [4.78, 5) is 0. The molecule has 3 fully saturated rings. The first-order chi connectivity index (χ1) is 24.0. The van der Waals surface area contributed by atoms with Crippen molar-refractivity contribution >= 4 is 0 Å². The van der Waals surface area contributed by atoms with Gasteiger partial charge in [0.05, 0.1) is 0 Å². The maximum Gasteiger partial charge on any atom is -0.00297 e. The molecule has 0 aromatic carbocycles. The normalized spacial score (nSPS) is 22.5. The van der Waals surface area contributed by atoms with Crippen molar-refractivity contribution in [3.63, 3.8) is 0 Å². The summed E-state index contributed by atoms with van der Waals surface area (Å²) < 4.78 is 0. The van der Waals surface area contributed by atoms with E-state index in [-0.39, 0.29) is 0 Å². The van der Waals surface area contributed by atoms with E-state index in [1.54, 1.807) is 13.0 Å². The second-order valence-electron chi connectivity index (χ2n) is 18.3. The van der Waals surface area contributed by atoms with Gasteiger partial charge in [0, 0.05) is 0 Å². The zero-order valence-electron chi connectivity index (χ0n) is 39.4. The third-order valence-corrected chi connectivity index (χ3v) is 12.2. The van der Waals surface area contributed by atoms with Crippen LogP contribution in [0.5, 0.6) is 0 Å². The monoisotopic (exact) mass is 723 g/mol. The molecule has 8 atom stereocenters. The summed E-state index contributed by atoms with van der Waals surface area (Å²) in [5.74, 6) is 10.6. The molecule has 0 bridgehead atoms. The van der Waals surface area contributed by atoms with Gasteiger partial charge >= 0.3 is 0 Å². The lowest BCUT2D eigenvalue weighted by Gasteiger charge is -2.38. The number of terminal acetylenes is 1. The molecule has 0 aromatic heterocycles. The molecule has 0 heteroatoms. The first-order valence-corrected chi connectivity index (χ1v) is 21.6. The molecule has 0 saturated heterocycles. The Kier molecular flexibility index (Phi) is 33.5. The molecule has 52 heavy (non-hydrogen) atoms. The van der Waals surface area contributed by atoms with E-state index in [1.165, 1.54) is 74.5 Å². The van der Waals surface area contributed by atoms with Crippen molar-refractivity contribution in [2.75, 3.05) is 0 Å². The summed E-state index contributed by atoms with van der Waals surface area (Å²) >= 11 is 0. The van der Waals surface area contributed by atoms with E-state index in [0.717, 1.165) is 41.4 Å². The van der Waals surface area contributed by atoms with Crippen LogP contribution in [0, 0.1) is 82.4 Å². The van der Waals surface area contributed by atoms with Gasteiger partial charge in [-0.1, -0.05) is 185 Å². The van der Waals surface area contributed by atoms with Gasteiger partial charge in [0.1, 0.15) is 0 Å². The second-order valence-corrected chi connectivity index (χ2v) is 18.3. The molecule has 0 aromatic rings. The van der Waals surface area contributed by atoms with Crippen molar-refractivity contribution in [3.8, 4) is 12.3 Å². The zero-order chi connectivity index (χ0) is 42.0. The maximum absolute atomic E-state index is 4.60. The lowest BCUT2D eigenvalue weighted by atomic mass is 9.67. The smallest absolute Gasteiger partial charge is 0.00297 e. The second kappa shape index (κ2) is 30.6. The summed E-state index contributed by atoms with van der Waals surface area (Å²) in [6.07, 6.45) is 20.9. The van der Waals surface area contributed by atoms with Crippen LogP contribution in [0.25, 0.3) is 0 Å². The highest BCUT2D eigenvalue weighted by Gasteiger charge is 2.67. The molecular weight excluding hydrogens is 625 g/mol. The fourth-order valence-corrected chi connectivity index (χ4v) is 7.23. The Morgan fingerprint density at radius 3 is 1.62 bits per heavy atom. The summed E-state index contributed by atoms with van der Waals surface area (Å²) in [6.45, 7) is 61.4. The predicted octanol–water partition coefficient (Wildman–Crippen LogP) is 17.6. The topological polar surface area (TPSA) is 0 Å². The van der Waals surface area contributed by atoms with Crippen LogP contribution in [0.4, 0.5) is 0 Å². The van der Waals surface area contributed by atoms with Gasteiger partial charge in [-0.25, -0.2) is 0 Å². The average Bonchev–Trinajstić information content (AvgIpc) is 3.35. The highest BCUT2D eigenvalue weighted by atomic mass is 14.7. The zero-order valence-corrected chi connectivity index (χ0v) is 39.4. The molecule has 0 heterocycles. The molecule has 0 N–H and O–H groups in total. The fraction of sp³-hybridized carbons (Fsp3) is 0.769. The minimum Gasteiger partial charge on any atom is -0.120 e. The molecular formula is C52H98. The van der Waals surface area contributed by atoms with Crippen molar-refractivity contribution in [3.05, 3.63) is 61.8 Å². The van der Waals surface area contributed by atoms with Crippen molar-refractivity contribution in [1.82, 2.24) is 0 Å². The highest BCUT2D eigenvalue weighted by molar-refractivity contribution is 5.29. The Hall–Kier alpha value is -1.74. The van der Waals surface area contributed by atoms with Gasteiger partial charge in [-0.15, -0.1) is 25.5 Å². The summed E-state index contributed by atoms with van der Waals surface area (Å²) in [7, 11) is 0. The van der Waals surface area contributed by atoms with Crippen LogP contribution in [-0.4, -0.2) is 0 Å². The molecule has 0 amide bonds. The highest BCUT2D eigenvalue weighted by Crippen LogP contribution is 2.72. The maximum atomic E-state index is 4.60. The van der Waals surface area contributed by atoms with Gasteiger partial charge in [0.25, 0.3) is 0 Å². The first-order valence-electron chi connectivity index (χ1n) is 21.6.